The van der Waals surface area contributed by atoms with E-state index in [2.05, 4.69) is 29.4 Å². The van der Waals surface area contributed by atoms with Crippen LogP contribution in [0.2, 0.25) is 0 Å². The molecular formula is C17H28N2O2. The summed E-state index contributed by atoms with van der Waals surface area (Å²) in [7, 11) is 4.04. The number of hydrogen-bond donors (Lipinski definition) is 2. The summed E-state index contributed by atoms with van der Waals surface area (Å²) in [6, 6.07) is 10.2. The van der Waals surface area contributed by atoms with Crippen LogP contribution >= 0.6 is 0 Å². The van der Waals surface area contributed by atoms with Gasteiger partial charge in [-0.15, -0.1) is 0 Å². The Kier molecular flexibility index (Phi) is 6.18. The van der Waals surface area contributed by atoms with Crippen molar-refractivity contribution < 1.29 is 9.84 Å². The van der Waals surface area contributed by atoms with Crippen molar-refractivity contribution in [2.75, 3.05) is 47.0 Å². The van der Waals surface area contributed by atoms with Gasteiger partial charge in [0, 0.05) is 19.7 Å². The molecule has 0 spiro atoms. The second kappa shape index (κ2) is 7.90. The smallest absolute Gasteiger partial charge is 0.0795 e. The van der Waals surface area contributed by atoms with Crippen molar-refractivity contribution in [1.82, 2.24) is 10.2 Å². The van der Waals surface area contributed by atoms with E-state index in [-0.39, 0.29) is 6.61 Å². The third-order valence-electron chi connectivity index (χ3n) is 4.44. The Hall–Kier alpha value is -0.940. The van der Waals surface area contributed by atoms with Crippen molar-refractivity contribution in [3.8, 4) is 0 Å². The van der Waals surface area contributed by atoms with Crippen molar-refractivity contribution in [3.63, 3.8) is 0 Å². The van der Waals surface area contributed by atoms with Gasteiger partial charge in [-0.25, -0.2) is 0 Å². The van der Waals surface area contributed by atoms with Gasteiger partial charge in [0.15, 0.2) is 0 Å². The van der Waals surface area contributed by atoms with Crippen molar-refractivity contribution in [2.45, 2.75) is 18.4 Å². The minimum absolute atomic E-state index is 0.0824. The van der Waals surface area contributed by atoms with Gasteiger partial charge in [-0.2, -0.15) is 0 Å². The normalized spacial score (nSPS) is 22.2. The molecule has 0 aliphatic carbocycles. The van der Waals surface area contributed by atoms with Gasteiger partial charge >= 0.3 is 0 Å². The maximum Gasteiger partial charge on any atom is 0.0795 e. The molecule has 4 heteroatoms. The quantitative estimate of drug-likeness (QED) is 0.798. The molecule has 21 heavy (non-hydrogen) atoms. The van der Waals surface area contributed by atoms with Gasteiger partial charge in [-0.1, -0.05) is 30.3 Å². The summed E-state index contributed by atoms with van der Waals surface area (Å²) in [5.74, 6) is 0.604. The molecule has 118 valence electrons. The Balaban J connectivity index is 2.01. The zero-order valence-electron chi connectivity index (χ0n) is 13.2. The largest absolute Gasteiger partial charge is 0.394 e. The molecule has 1 aliphatic heterocycles. The standard InChI is InChI=1S/C17H28N2O2/c1-18-17(14-20,16-8-4-3-5-9-16)13-19(2)11-15-7-6-10-21-12-15/h3-5,8-9,15,18,20H,6-7,10-14H2,1-2H3. The SMILES string of the molecule is CNC(CO)(CN(C)CC1CCCOC1)c1ccccc1. The minimum atomic E-state index is -0.411. The highest BCUT2D eigenvalue weighted by molar-refractivity contribution is 5.25. The molecule has 0 amide bonds. The van der Waals surface area contributed by atoms with E-state index in [0.717, 1.165) is 38.3 Å². The first-order valence-electron chi connectivity index (χ1n) is 7.82. The molecule has 4 nitrogen and oxygen atoms in total. The van der Waals surface area contributed by atoms with Gasteiger partial charge in [-0.05, 0) is 38.4 Å². The van der Waals surface area contributed by atoms with Crippen LogP contribution in [-0.4, -0.2) is 57.0 Å². The average molecular weight is 292 g/mol. The van der Waals surface area contributed by atoms with Crippen LogP contribution in [0, 0.1) is 5.92 Å². The monoisotopic (exact) mass is 292 g/mol. The Labute approximate surface area is 128 Å². The van der Waals surface area contributed by atoms with Crippen LogP contribution in [-0.2, 0) is 10.3 Å². The lowest BCUT2D eigenvalue weighted by Crippen LogP contribution is -2.52. The summed E-state index contributed by atoms with van der Waals surface area (Å²) in [6.45, 7) is 3.64. The van der Waals surface area contributed by atoms with Crippen molar-refractivity contribution in [1.29, 1.82) is 0 Å². The van der Waals surface area contributed by atoms with Crippen LogP contribution in [0.3, 0.4) is 0 Å². The average Bonchev–Trinajstić information content (AvgIpc) is 2.54. The lowest BCUT2D eigenvalue weighted by atomic mass is 9.89. The number of ether oxygens (including phenoxy) is 1. The van der Waals surface area contributed by atoms with E-state index in [0.29, 0.717) is 5.92 Å². The molecule has 0 radical (unpaired) electrons. The second-order valence-corrected chi connectivity index (χ2v) is 6.14. The molecule has 1 aliphatic rings. The highest BCUT2D eigenvalue weighted by Crippen LogP contribution is 2.23. The van der Waals surface area contributed by atoms with E-state index in [1.165, 1.54) is 6.42 Å². The lowest BCUT2D eigenvalue weighted by molar-refractivity contribution is 0.0345. The molecule has 0 aromatic heterocycles. The fraction of sp³-hybridized carbons (Fsp3) is 0.647. The van der Waals surface area contributed by atoms with Crippen molar-refractivity contribution in [2.24, 2.45) is 5.92 Å². The number of benzene rings is 1. The van der Waals surface area contributed by atoms with Crippen LogP contribution in [0.1, 0.15) is 18.4 Å². The maximum atomic E-state index is 9.97. The maximum absolute atomic E-state index is 9.97. The predicted octanol–water partition coefficient (Wildman–Crippen LogP) is 1.45. The van der Waals surface area contributed by atoms with Gasteiger partial charge in [0.1, 0.15) is 0 Å². The highest BCUT2D eigenvalue weighted by Gasteiger charge is 2.31. The third-order valence-corrected chi connectivity index (χ3v) is 4.44. The molecule has 2 unspecified atom stereocenters. The van der Waals surface area contributed by atoms with Gasteiger partial charge in [0.25, 0.3) is 0 Å². The first-order chi connectivity index (χ1) is 10.2. The molecular weight excluding hydrogens is 264 g/mol. The molecule has 1 saturated heterocycles. The number of rotatable bonds is 7. The minimum Gasteiger partial charge on any atom is -0.394 e. The predicted molar refractivity (Wildman–Crippen MR) is 85.3 cm³/mol. The van der Waals surface area contributed by atoms with Gasteiger partial charge in [-0.3, -0.25) is 0 Å². The number of aliphatic hydroxyl groups is 1. The summed E-state index contributed by atoms with van der Waals surface area (Å²) in [5, 5.41) is 13.3. The Morgan fingerprint density at radius 3 is 2.71 bits per heavy atom. The summed E-state index contributed by atoms with van der Waals surface area (Å²) in [6.07, 6.45) is 2.40. The van der Waals surface area contributed by atoms with Gasteiger partial charge in [0.05, 0.1) is 18.8 Å². The lowest BCUT2D eigenvalue weighted by Gasteiger charge is -2.37. The number of aliphatic hydroxyl groups excluding tert-OH is 1. The number of nitrogens with zero attached hydrogens (tertiary/aromatic N) is 1. The zero-order valence-corrected chi connectivity index (χ0v) is 13.2. The fourth-order valence-corrected chi connectivity index (χ4v) is 3.21. The molecule has 2 atom stereocenters. The summed E-state index contributed by atoms with van der Waals surface area (Å²) >= 11 is 0. The van der Waals surface area contributed by atoms with Crippen LogP contribution in [0.25, 0.3) is 0 Å². The molecule has 1 aromatic carbocycles. The van der Waals surface area contributed by atoms with Crippen LogP contribution in [0.5, 0.6) is 0 Å². The van der Waals surface area contributed by atoms with E-state index in [1.807, 2.05) is 25.2 Å². The number of hydrogen-bond acceptors (Lipinski definition) is 4. The molecule has 2 rings (SSSR count). The summed E-state index contributed by atoms with van der Waals surface area (Å²) in [5.41, 5.74) is 0.715. The van der Waals surface area contributed by atoms with E-state index >= 15 is 0 Å². The van der Waals surface area contributed by atoms with E-state index in [4.69, 9.17) is 4.74 Å². The Morgan fingerprint density at radius 1 is 1.38 bits per heavy atom. The molecule has 1 fully saturated rings. The van der Waals surface area contributed by atoms with Crippen molar-refractivity contribution in [3.05, 3.63) is 35.9 Å². The Bertz CT molecular complexity index is 401. The fourth-order valence-electron chi connectivity index (χ4n) is 3.21. The van der Waals surface area contributed by atoms with Crippen LogP contribution in [0.15, 0.2) is 30.3 Å². The molecule has 0 bridgehead atoms. The van der Waals surface area contributed by atoms with Gasteiger partial charge in [0.2, 0.25) is 0 Å². The van der Waals surface area contributed by atoms with Gasteiger partial charge < -0.3 is 20.1 Å². The van der Waals surface area contributed by atoms with Crippen LogP contribution in [0.4, 0.5) is 0 Å². The molecule has 2 N–H and O–H groups in total. The van der Waals surface area contributed by atoms with E-state index < -0.39 is 5.54 Å². The second-order valence-electron chi connectivity index (χ2n) is 6.14. The first kappa shape index (κ1) is 16.4. The number of likely N-dealkylation sites (N-methyl/N-ethyl adjacent to an activating group) is 2. The first-order valence-corrected chi connectivity index (χ1v) is 7.82. The highest BCUT2D eigenvalue weighted by atomic mass is 16.5. The summed E-state index contributed by atoms with van der Waals surface area (Å²) < 4.78 is 5.56. The van der Waals surface area contributed by atoms with Crippen molar-refractivity contribution >= 4 is 0 Å². The van der Waals surface area contributed by atoms with E-state index in [9.17, 15) is 5.11 Å². The Morgan fingerprint density at radius 2 is 2.14 bits per heavy atom. The molecule has 1 aromatic rings. The zero-order chi connectivity index (χ0) is 15.1. The molecule has 0 saturated carbocycles. The van der Waals surface area contributed by atoms with Crippen LogP contribution < -0.4 is 5.32 Å². The molecule has 1 heterocycles. The van der Waals surface area contributed by atoms with E-state index in [1.54, 1.807) is 0 Å². The topological polar surface area (TPSA) is 44.7 Å². The number of nitrogens with one attached hydrogen (secondary N) is 1. The summed E-state index contributed by atoms with van der Waals surface area (Å²) in [4.78, 5) is 2.30. The third kappa shape index (κ3) is 4.27.